The number of rotatable bonds is 6. The third kappa shape index (κ3) is 3.17. The van der Waals surface area contributed by atoms with Gasteiger partial charge in [-0.25, -0.2) is 18.1 Å². The number of imide groups is 2. The highest BCUT2D eigenvalue weighted by Gasteiger charge is 2.46. The lowest BCUT2D eigenvalue weighted by molar-refractivity contribution is -0.143. The monoisotopic (exact) mass is 407 g/mol. The summed E-state index contributed by atoms with van der Waals surface area (Å²) < 4.78 is 25.6. The van der Waals surface area contributed by atoms with Crippen molar-refractivity contribution >= 4 is 39.3 Å². The van der Waals surface area contributed by atoms with Crippen LogP contribution in [0.25, 0.3) is 0 Å². The fraction of sp³-hybridized carbons (Fsp3) is 0.444. The first-order valence-corrected chi connectivity index (χ1v) is 10.5. The van der Waals surface area contributed by atoms with E-state index in [4.69, 9.17) is 0 Å². The average molecular weight is 407 g/mol. The molecule has 28 heavy (non-hydrogen) atoms. The zero-order valence-electron chi connectivity index (χ0n) is 15.8. The van der Waals surface area contributed by atoms with Crippen molar-refractivity contribution < 1.29 is 27.6 Å². The largest absolute Gasteiger partial charge is 0.334 e. The molecule has 4 amide bonds. The van der Waals surface area contributed by atoms with Gasteiger partial charge in [-0.2, -0.15) is 0 Å². The summed E-state index contributed by atoms with van der Waals surface area (Å²) in [6, 6.07) is 3.31. The molecule has 2 heterocycles. The van der Waals surface area contributed by atoms with E-state index in [1.54, 1.807) is 32.9 Å². The third-order valence-corrected chi connectivity index (χ3v) is 6.64. The number of Topliss-reactive ketones (excluding diaryl/α,β-unsaturated/α-hetero) is 1. The van der Waals surface area contributed by atoms with Crippen LogP contribution in [0.2, 0.25) is 0 Å². The van der Waals surface area contributed by atoms with Gasteiger partial charge in [-0.05, 0) is 51.0 Å². The Bertz CT molecular complexity index is 985. The molecule has 10 heteroatoms. The molecule has 150 valence electrons. The number of nitrogens with zero attached hydrogens (tertiary/aromatic N) is 3. The summed E-state index contributed by atoms with van der Waals surface area (Å²) in [6.07, 6.45) is 0.469. The number of hydrogen-bond donors (Lipinski definition) is 0. The van der Waals surface area contributed by atoms with Crippen molar-refractivity contribution in [1.29, 1.82) is 0 Å². The lowest BCUT2D eigenvalue weighted by atomic mass is 10.0. The molecule has 0 saturated carbocycles. The molecule has 0 bridgehead atoms. The van der Waals surface area contributed by atoms with Gasteiger partial charge < -0.3 is 0 Å². The first kappa shape index (κ1) is 20.0. The topological polar surface area (TPSA) is 112 Å². The highest BCUT2D eigenvalue weighted by atomic mass is 32.2. The fourth-order valence-electron chi connectivity index (χ4n) is 3.34. The summed E-state index contributed by atoms with van der Waals surface area (Å²) in [5.74, 6) is -2.48. The smallest absolute Gasteiger partial charge is 0.292 e. The van der Waals surface area contributed by atoms with Crippen molar-refractivity contribution in [2.24, 2.45) is 0 Å². The number of anilines is 1. The summed E-state index contributed by atoms with van der Waals surface area (Å²) in [5.41, 5.74) is 1.50. The molecule has 0 unspecified atom stereocenters. The Hall–Kier alpha value is -2.75. The number of sulfonamides is 1. The Labute approximate surface area is 162 Å². The number of carbonyl (C=O) groups excluding carboxylic acids is 4. The summed E-state index contributed by atoms with van der Waals surface area (Å²) in [5, 5.41) is 0. The van der Waals surface area contributed by atoms with Crippen molar-refractivity contribution in [3.63, 3.8) is 0 Å². The highest BCUT2D eigenvalue weighted by Crippen LogP contribution is 2.31. The maximum absolute atomic E-state index is 12.6. The van der Waals surface area contributed by atoms with Crippen LogP contribution in [0.1, 0.15) is 36.7 Å². The Morgan fingerprint density at radius 2 is 1.82 bits per heavy atom. The van der Waals surface area contributed by atoms with Gasteiger partial charge in [-0.15, -0.1) is 0 Å². The highest BCUT2D eigenvalue weighted by molar-refractivity contribution is 7.92. The van der Waals surface area contributed by atoms with Crippen LogP contribution in [0.4, 0.5) is 10.5 Å². The molecule has 2 aliphatic heterocycles. The molecule has 0 aliphatic carbocycles. The van der Waals surface area contributed by atoms with Gasteiger partial charge >= 0.3 is 17.8 Å². The summed E-state index contributed by atoms with van der Waals surface area (Å²) in [7, 11) is -3.39. The molecule has 3 rings (SSSR count). The van der Waals surface area contributed by atoms with E-state index in [1.807, 2.05) is 0 Å². The van der Waals surface area contributed by atoms with Gasteiger partial charge in [0, 0.05) is 18.2 Å². The van der Waals surface area contributed by atoms with E-state index < -0.39 is 46.2 Å². The van der Waals surface area contributed by atoms with E-state index >= 15 is 0 Å². The minimum atomic E-state index is -3.39. The second-order valence-corrected chi connectivity index (χ2v) is 9.11. The molecular weight excluding hydrogens is 386 g/mol. The zero-order valence-corrected chi connectivity index (χ0v) is 16.7. The summed E-state index contributed by atoms with van der Waals surface area (Å²) in [4.78, 5) is 50.4. The molecule has 0 radical (unpaired) electrons. The second-order valence-electron chi connectivity index (χ2n) is 6.93. The van der Waals surface area contributed by atoms with Gasteiger partial charge in [-0.3, -0.25) is 23.6 Å². The lowest BCUT2D eigenvalue weighted by Crippen LogP contribution is -2.39. The van der Waals surface area contributed by atoms with E-state index in [9.17, 15) is 27.6 Å². The molecule has 2 aliphatic rings. The second kappa shape index (κ2) is 7.01. The predicted molar refractivity (Wildman–Crippen MR) is 100 cm³/mol. The molecule has 0 N–H and O–H groups in total. The Kier molecular flexibility index (Phi) is 5.00. The number of fused-ring (bicyclic) bond motifs is 1. The first-order valence-electron chi connectivity index (χ1n) is 8.94. The molecule has 0 atom stereocenters. The van der Waals surface area contributed by atoms with Crippen LogP contribution in [0.15, 0.2) is 18.2 Å². The normalized spacial score (nSPS) is 17.1. The van der Waals surface area contributed by atoms with Gasteiger partial charge in [-0.1, -0.05) is 0 Å². The number of amides is 4. The van der Waals surface area contributed by atoms with E-state index in [1.165, 1.54) is 10.4 Å². The average Bonchev–Trinajstić information content (AvgIpc) is 3.16. The van der Waals surface area contributed by atoms with E-state index in [2.05, 4.69) is 0 Å². The maximum atomic E-state index is 12.6. The fourth-order valence-corrected chi connectivity index (χ4v) is 4.50. The van der Waals surface area contributed by atoms with E-state index in [0.29, 0.717) is 29.1 Å². The molecule has 1 saturated heterocycles. The van der Waals surface area contributed by atoms with Crippen LogP contribution in [-0.4, -0.2) is 66.7 Å². The van der Waals surface area contributed by atoms with E-state index in [-0.39, 0.29) is 11.3 Å². The summed E-state index contributed by atoms with van der Waals surface area (Å²) >= 11 is 0. The number of ketones is 1. The Morgan fingerprint density at radius 1 is 1.14 bits per heavy atom. The van der Waals surface area contributed by atoms with Crippen LogP contribution >= 0.6 is 0 Å². The van der Waals surface area contributed by atoms with Gasteiger partial charge in [0.1, 0.15) is 0 Å². The number of benzene rings is 1. The number of carbonyl (C=O) groups is 4. The van der Waals surface area contributed by atoms with Gasteiger partial charge in [0.15, 0.2) is 5.78 Å². The predicted octanol–water partition coefficient (Wildman–Crippen LogP) is 0.781. The molecule has 1 aromatic rings. The standard InChI is InChI=1S/C18H21N3O6S/c1-4-28(26,27)20-8-7-12-9-13(5-6-14(12)20)15(22)10-19-16(23)17(24)21(11(2)3)18(19)25/h5-6,9,11H,4,7-8,10H2,1-3H3. The van der Waals surface area contributed by atoms with Crippen molar-refractivity contribution in [2.45, 2.75) is 33.2 Å². The van der Waals surface area contributed by atoms with Crippen LogP contribution in [0, 0.1) is 0 Å². The number of urea groups is 1. The van der Waals surface area contributed by atoms with Crippen molar-refractivity contribution in [3.05, 3.63) is 29.3 Å². The SMILES string of the molecule is CCS(=O)(=O)N1CCc2cc(C(=O)CN3C(=O)C(=O)N(C(C)C)C3=O)ccc21. The molecule has 1 fully saturated rings. The van der Waals surface area contributed by atoms with Gasteiger partial charge in [0.25, 0.3) is 0 Å². The van der Waals surface area contributed by atoms with Gasteiger partial charge in [0.05, 0.1) is 18.0 Å². The Balaban J connectivity index is 1.81. The molecule has 9 nitrogen and oxygen atoms in total. The van der Waals surface area contributed by atoms with Crippen molar-refractivity contribution in [1.82, 2.24) is 9.80 Å². The first-order chi connectivity index (χ1) is 13.1. The third-order valence-electron chi connectivity index (χ3n) is 4.86. The molecule has 0 spiro atoms. The minimum Gasteiger partial charge on any atom is -0.292 e. The lowest BCUT2D eigenvalue weighted by Gasteiger charge is -2.19. The van der Waals surface area contributed by atoms with Crippen molar-refractivity contribution in [2.75, 3.05) is 23.1 Å². The van der Waals surface area contributed by atoms with E-state index in [0.717, 1.165) is 4.90 Å². The quantitative estimate of drug-likeness (QED) is 0.391. The van der Waals surface area contributed by atoms with Crippen LogP contribution < -0.4 is 4.31 Å². The van der Waals surface area contributed by atoms with Gasteiger partial charge in [0.2, 0.25) is 10.0 Å². The van der Waals surface area contributed by atoms with Crippen LogP contribution in [0.5, 0.6) is 0 Å². The molecule has 0 aromatic heterocycles. The van der Waals surface area contributed by atoms with Crippen molar-refractivity contribution in [3.8, 4) is 0 Å². The maximum Gasteiger partial charge on any atom is 0.334 e. The minimum absolute atomic E-state index is 0.0211. The number of hydrogen-bond acceptors (Lipinski definition) is 6. The zero-order chi connectivity index (χ0) is 20.8. The van der Waals surface area contributed by atoms with Crippen LogP contribution in [0.3, 0.4) is 0 Å². The Morgan fingerprint density at radius 3 is 2.39 bits per heavy atom. The molecule has 1 aromatic carbocycles. The summed E-state index contributed by atoms with van der Waals surface area (Å²) in [6.45, 7) is 4.54. The molecular formula is C18H21N3O6S. The van der Waals surface area contributed by atoms with Crippen LogP contribution in [-0.2, 0) is 26.0 Å².